The normalized spacial score (nSPS) is 27.4. The molecule has 5 rings (SSSR count). The number of piperidine rings is 3. The summed E-state index contributed by atoms with van der Waals surface area (Å²) in [6.45, 7) is 5.95. The molecular weight excluding hydrogens is 456 g/mol. The molecule has 2 atom stereocenters. The van der Waals surface area contributed by atoms with Gasteiger partial charge in [0, 0.05) is 50.4 Å². The number of benzene rings is 1. The standard InChI is InChI=1S/C28H42N4O4/c1-36-25-7-5-6-21(18-25)27(34)30-16-10-23(11-17-30)32-20-24(33)19-26(32)28(35)31-14-8-22(9-15-31)29-12-3-2-4-13-29/h5-7,18,22-24,26,33H,2-4,8-17,19-20H2,1H3/t24-,26+/m1/s1. The topological polar surface area (TPSA) is 76.6 Å². The van der Waals surface area contributed by atoms with Gasteiger partial charge >= 0.3 is 0 Å². The van der Waals surface area contributed by atoms with Crippen LogP contribution in [-0.4, -0.2) is 114 Å². The number of ether oxygens (including phenoxy) is 1. The van der Waals surface area contributed by atoms with Gasteiger partial charge in [-0.3, -0.25) is 14.5 Å². The number of hydrogen-bond donors (Lipinski definition) is 1. The van der Waals surface area contributed by atoms with Crippen molar-refractivity contribution in [2.24, 2.45) is 0 Å². The molecule has 8 nitrogen and oxygen atoms in total. The van der Waals surface area contributed by atoms with Crippen LogP contribution in [0.2, 0.25) is 0 Å². The van der Waals surface area contributed by atoms with Crippen LogP contribution in [-0.2, 0) is 4.79 Å². The summed E-state index contributed by atoms with van der Waals surface area (Å²) in [5.41, 5.74) is 0.644. The number of carbonyl (C=O) groups excluding carboxylic acids is 2. The molecule has 4 heterocycles. The predicted molar refractivity (Wildman–Crippen MR) is 138 cm³/mol. The van der Waals surface area contributed by atoms with Gasteiger partial charge < -0.3 is 24.5 Å². The molecule has 1 aromatic rings. The van der Waals surface area contributed by atoms with E-state index in [4.69, 9.17) is 4.74 Å². The molecule has 0 radical (unpaired) electrons. The molecule has 4 fully saturated rings. The number of methoxy groups -OCH3 is 1. The smallest absolute Gasteiger partial charge is 0.253 e. The third-order valence-electron chi connectivity index (χ3n) is 8.82. The average Bonchev–Trinajstić information content (AvgIpc) is 3.34. The number of β-amino-alcohol motifs (C(OH)–C–C–N with tert-alkyl or cyclic N) is 1. The molecule has 0 aliphatic carbocycles. The lowest BCUT2D eigenvalue weighted by molar-refractivity contribution is -0.138. The molecule has 0 saturated carbocycles. The molecule has 0 unspecified atom stereocenters. The molecule has 0 spiro atoms. The van der Waals surface area contributed by atoms with E-state index >= 15 is 0 Å². The summed E-state index contributed by atoms with van der Waals surface area (Å²) in [5, 5.41) is 10.5. The van der Waals surface area contributed by atoms with Crippen LogP contribution in [0, 0.1) is 0 Å². The summed E-state index contributed by atoms with van der Waals surface area (Å²) in [4.78, 5) is 35.4. The Labute approximate surface area is 215 Å². The molecule has 4 aliphatic heterocycles. The Balaban J connectivity index is 1.15. The van der Waals surface area contributed by atoms with E-state index in [-0.39, 0.29) is 23.9 Å². The van der Waals surface area contributed by atoms with Gasteiger partial charge in [-0.15, -0.1) is 0 Å². The van der Waals surface area contributed by atoms with Gasteiger partial charge in [-0.1, -0.05) is 12.5 Å². The van der Waals surface area contributed by atoms with E-state index in [1.54, 1.807) is 13.2 Å². The van der Waals surface area contributed by atoms with Gasteiger partial charge in [0.15, 0.2) is 0 Å². The monoisotopic (exact) mass is 498 g/mol. The minimum absolute atomic E-state index is 0.0259. The van der Waals surface area contributed by atoms with Crippen LogP contribution in [0.1, 0.15) is 61.7 Å². The molecule has 0 bridgehead atoms. The van der Waals surface area contributed by atoms with E-state index in [1.165, 1.54) is 32.4 Å². The van der Waals surface area contributed by atoms with Crippen LogP contribution >= 0.6 is 0 Å². The highest BCUT2D eigenvalue weighted by atomic mass is 16.5. The fourth-order valence-corrected chi connectivity index (χ4v) is 6.77. The highest BCUT2D eigenvalue weighted by molar-refractivity contribution is 5.94. The second-order valence-electron chi connectivity index (χ2n) is 11.0. The van der Waals surface area contributed by atoms with Crippen LogP contribution in [0.4, 0.5) is 0 Å². The Morgan fingerprint density at radius 3 is 2.25 bits per heavy atom. The Bertz CT molecular complexity index is 905. The summed E-state index contributed by atoms with van der Waals surface area (Å²) >= 11 is 0. The Morgan fingerprint density at radius 1 is 0.889 bits per heavy atom. The van der Waals surface area contributed by atoms with Gasteiger partial charge in [0.2, 0.25) is 5.91 Å². The van der Waals surface area contributed by atoms with Crippen LogP contribution < -0.4 is 4.74 Å². The van der Waals surface area contributed by atoms with Crippen molar-refractivity contribution >= 4 is 11.8 Å². The lowest BCUT2D eigenvalue weighted by Crippen LogP contribution is -2.55. The molecule has 36 heavy (non-hydrogen) atoms. The largest absolute Gasteiger partial charge is 0.497 e. The van der Waals surface area contributed by atoms with Gasteiger partial charge in [-0.2, -0.15) is 0 Å². The first-order chi connectivity index (χ1) is 17.5. The molecule has 4 saturated heterocycles. The second-order valence-corrected chi connectivity index (χ2v) is 11.0. The summed E-state index contributed by atoms with van der Waals surface area (Å²) in [6, 6.07) is 7.90. The number of aliphatic hydroxyl groups is 1. The first kappa shape index (κ1) is 25.5. The lowest BCUT2D eigenvalue weighted by Gasteiger charge is -2.43. The molecule has 0 aromatic heterocycles. The van der Waals surface area contributed by atoms with Gasteiger partial charge in [-0.05, 0) is 76.2 Å². The van der Waals surface area contributed by atoms with E-state index in [0.717, 1.165) is 38.8 Å². The van der Waals surface area contributed by atoms with Gasteiger partial charge in [0.1, 0.15) is 5.75 Å². The maximum Gasteiger partial charge on any atom is 0.253 e. The third kappa shape index (κ3) is 5.55. The van der Waals surface area contributed by atoms with E-state index in [9.17, 15) is 14.7 Å². The number of nitrogens with zero attached hydrogens (tertiary/aromatic N) is 4. The quantitative estimate of drug-likeness (QED) is 0.671. The van der Waals surface area contributed by atoms with Crippen molar-refractivity contribution in [3.8, 4) is 5.75 Å². The zero-order valence-electron chi connectivity index (χ0n) is 21.7. The Hall–Kier alpha value is -2.16. The molecule has 1 N–H and O–H groups in total. The van der Waals surface area contributed by atoms with E-state index in [2.05, 4.69) is 14.7 Å². The van der Waals surface area contributed by atoms with Crippen molar-refractivity contribution in [3.05, 3.63) is 29.8 Å². The van der Waals surface area contributed by atoms with Crippen molar-refractivity contribution in [2.75, 3.05) is 52.9 Å². The van der Waals surface area contributed by atoms with E-state index in [0.29, 0.717) is 43.4 Å². The lowest BCUT2D eigenvalue weighted by atomic mass is 9.98. The molecule has 2 amide bonds. The van der Waals surface area contributed by atoms with Crippen LogP contribution in [0.15, 0.2) is 24.3 Å². The molecule has 1 aromatic carbocycles. The minimum atomic E-state index is -0.457. The van der Waals surface area contributed by atoms with E-state index in [1.807, 2.05) is 23.1 Å². The minimum Gasteiger partial charge on any atom is -0.497 e. The average molecular weight is 499 g/mol. The Morgan fingerprint density at radius 2 is 1.56 bits per heavy atom. The summed E-state index contributed by atoms with van der Waals surface area (Å²) in [5.74, 6) is 0.902. The highest BCUT2D eigenvalue weighted by Gasteiger charge is 2.43. The number of likely N-dealkylation sites (tertiary alicyclic amines) is 4. The number of rotatable bonds is 5. The van der Waals surface area contributed by atoms with Gasteiger partial charge in [0.05, 0.1) is 19.3 Å². The second kappa shape index (κ2) is 11.5. The number of carbonyl (C=O) groups is 2. The maximum absolute atomic E-state index is 13.6. The first-order valence-electron chi connectivity index (χ1n) is 13.9. The van der Waals surface area contributed by atoms with Crippen molar-refractivity contribution in [3.63, 3.8) is 0 Å². The molecule has 198 valence electrons. The van der Waals surface area contributed by atoms with E-state index < -0.39 is 6.10 Å². The molecule has 4 aliphatic rings. The van der Waals surface area contributed by atoms with Gasteiger partial charge in [0.25, 0.3) is 5.91 Å². The zero-order chi connectivity index (χ0) is 25.1. The van der Waals surface area contributed by atoms with Crippen LogP contribution in [0.5, 0.6) is 5.75 Å². The zero-order valence-corrected chi connectivity index (χ0v) is 21.7. The number of amides is 2. The van der Waals surface area contributed by atoms with Crippen LogP contribution in [0.25, 0.3) is 0 Å². The first-order valence-corrected chi connectivity index (χ1v) is 13.9. The Kier molecular flexibility index (Phi) is 8.13. The molecule has 8 heteroatoms. The van der Waals surface area contributed by atoms with Crippen molar-refractivity contribution < 1.29 is 19.4 Å². The van der Waals surface area contributed by atoms with Crippen molar-refractivity contribution in [1.29, 1.82) is 0 Å². The summed E-state index contributed by atoms with van der Waals surface area (Å²) in [7, 11) is 1.61. The SMILES string of the molecule is COc1cccc(C(=O)N2CCC(N3C[C@H](O)C[C@H]3C(=O)N3CCC(N4CCCCC4)CC3)CC2)c1. The van der Waals surface area contributed by atoms with Crippen LogP contribution in [0.3, 0.4) is 0 Å². The summed E-state index contributed by atoms with van der Waals surface area (Å²) in [6.07, 6.45) is 7.79. The van der Waals surface area contributed by atoms with Gasteiger partial charge in [-0.25, -0.2) is 0 Å². The van der Waals surface area contributed by atoms with Crippen molar-refractivity contribution in [1.82, 2.24) is 19.6 Å². The number of aliphatic hydroxyl groups excluding tert-OH is 1. The predicted octanol–water partition coefficient (Wildman–Crippen LogP) is 2.21. The fraction of sp³-hybridized carbons (Fsp3) is 0.714. The fourth-order valence-electron chi connectivity index (χ4n) is 6.77. The van der Waals surface area contributed by atoms with Crippen molar-refractivity contribution in [2.45, 2.75) is 75.6 Å². The summed E-state index contributed by atoms with van der Waals surface area (Å²) < 4.78 is 5.27. The molecular formula is C28H42N4O4. The third-order valence-corrected chi connectivity index (χ3v) is 8.82. The highest BCUT2D eigenvalue weighted by Crippen LogP contribution is 2.30. The number of hydrogen-bond acceptors (Lipinski definition) is 6. The maximum atomic E-state index is 13.6.